The molecule has 24 heavy (non-hydrogen) atoms. The van der Waals surface area contributed by atoms with Gasteiger partial charge >= 0.3 is 5.97 Å². The number of halogens is 1. The summed E-state index contributed by atoms with van der Waals surface area (Å²) in [7, 11) is 2.17. The molecule has 0 N–H and O–H groups in total. The van der Waals surface area contributed by atoms with Crippen molar-refractivity contribution in [3.05, 3.63) is 35.9 Å². The van der Waals surface area contributed by atoms with Crippen LogP contribution in [0.2, 0.25) is 0 Å². The monoisotopic (exact) mass is 347 g/mol. The predicted octanol–water partition coefficient (Wildman–Crippen LogP) is 3.92. The second-order valence-electron chi connectivity index (χ2n) is 6.97. The van der Waals surface area contributed by atoms with Crippen molar-refractivity contribution < 1.29 is 9.53 Å². The summed E-state index contributed by atoms with van der Waals surface area (Å²) in [6.45, 7) is 2.17. The van der Waals surface area contributed by atoms with Gasteiger partial charge in [0.15, 0.2) is 5.60 Å². The number of ether oxygens (including phenoxy) is 1. The molecule has 4 atom stereocenters. The van der Waals surface area contributed by atoms with Crippen LogP contribution in [-0.4, -0.2) is 35.6 Å². The first-order valence-corrected chi connectivity index (χ1v) is 8.55. The number of fused-ring (bicyclic) bond motifs is 1. The van der Waals surface area contributed by atoms with Gasteiger partial charge in [-0.2, -0.15) is 0 Å². The summed E-state index contributed by atoms with van der Waals surface area (Å²) >= 11 is 0. The number of piperidine rings is 1. The highest BCUT2D eigenvalue weighted by Crippen LogP contribution is 2.45. The van der Waals surface area contributed by atoms with E-state index in [4.69, 9.17) is 11.2 Å². The zero-order valence-electron chi connectivity index (χ0n) is 14.4. The van der Waals surface area contributed by atoms with Gasteiger partial charge in [0.2, 0.25) is 0 Å². The maximum atomic E-state index is 12.6. The van der Waals surface area contributed by atoms with E-state index >= 15 is 0 Å². The molecule has 2 fully saturated rings. The van der Waals surface area contributed by atoms with Crippen LogP contribution in [0.5, 0.6) is 0 Å². The van der Waals surface area contributed by atoms with Crippen molar-refractivity contribution in [2.24, 2.45) is 5.92 Å². The Morgan fingerprint density at radius 2 is 1.96 bits per heavy atom. The van der Waals surface area contributed by atoms with Gasteiger partial charge in [-0.3, -0.25) is 0 Å². The molecule has 0 aromatic heterocycles. The van der Waals surface area contributed by atoms with E-state index in [1.165, 1.54) is 6.42 Å². The molecule has 4 heteroatoms. The Morgan fingerprint density at radius 1 is 1.29 bits per heavy atom. The molecule has 0 bridgehead atoms. The first-order chi connectivity index (χ1) is 11.1. The lowest BCUT2D eigenvalue weighted by Crippen LogP contribution is -2.61. The molecular formula is C20H26ClNO2. The third-order valence-corrected chi connectivity index (χ3v) is 5.67. The van der Waals surface area contributed by atoms with Gasteiger partial charge in [-0.1, -0.05) is 37.0 Å². The number of carbonyl (C=O) groups excluding carboxylic acids is 1. The van der Waals surface area contributed by atoms with E-state index in [1.54, 1.807) is 12.1 Å². The Balaban J connectivity index is 0.00000208. The van der Waals surface area contributed by atoms with Crippen molar-refractivity contribution >= 4 is 18.4 Å². The second kappa shape index (κ2) is 7.59. The third-order valence-electron chi connectivity index (χ3n) is 5.67. The quantitative estimate of drug-likeness (QED) is 0.600. The standard InChI is InChI=1S/C20H25NO2.ClH/c1-4-20(23-19(22)16-10-6-5-7-11-16)14-15(2)21(3)18-13-9-8-12-17(18)20;/h1,5-7,10-11,15,17-18H,8-9,12-14H2,2-3H3;1H/t15-,17-,18-,20+;/m1./s1. The molecule has 1 aliphatic heterocycles. The highest BCUT2D eigenvalue weighted by molar-refractivity contribution is 5.89. The maximum absolute atomic E-state index is 12.6. The Hall–Kier alpha value is -1.50. The molecule has 1 saturated carbocycles. The van der Waals surface area contributed by atoms with Gasteiger partial charge in [0.1, 0.15) is 0 Å². The number of likely N-dealkylation sites (tertiary alicyclic amines) is 1. The number of benzene rings is 1. The fourth-order valence-electron chi connectivity index (χ4n) is 4.32. The van der Waals surface area contributed by atoms with E-state index in [0.717, 1.165) is 19.3 Å². The van der Waals surface area contributed by atoms with Crippen LogP contribution < -0.4 is 0 Å². The summed E-state index contributed by atoms with van der Waals surface area (Å²) in [6, 6.07) is 9.87. The summed E-state index contributed by atoms with van der Waals surface area (Å²) in [5.74, 6) is 2.83. The fourth-order valence-corrected chi connectivity index (χ4v) is 4.32. The molecule has 0 unspecified atom stereocenters. The van der Waals surface area contributed by atoms with Crippen molar-refractivity contribution in [2.45, 2.75) is 56.7 Å². The molecule has 3 nitrogen and oxygen atoms in total. The van der Waals surface area contributed by atoms with Crippen LogP contribution in [0.4, 0.5) is 0 Å². The zero-order valence-corrected chi connectivity index (χ0v) is 15.2. The van der Waals surface area contributed by atoms with Crippen LogP contribution in [0.3, 0.4) is 0 Å². The minimum absolute atomic E-state index is 0. The molecule has 0 radical (unpaired) electrons. The molecule has 1 saturated heterocycles. The van der Waals surface area contributed by atoms with Crippen LogP contribution in [0.1, 0.15) is 49.4 Å². The maximum Gasteiger partial charge on any atom is 0.339 e. The number of carbonyl (C=O) groups is 1. The number of esters is 1. The van der Waals surface area contributed by atoms with Crippen molar-refractivity contribution in [3.63, 3.8) is 0 Å². The molecule has 1 aromatic rings. The minimum atomic E-state index is -0.774. The van der Waals surface area contributed by atoms with Gasteiger partial charge in [-0.15, -0.1) is 18.8 Å². The summed E-state index contributed by atoms with van der Waals surface area (Å²) in [4.78, 5) is 15.0. The topological polar surface area (TPSA) is 29.5 Å². The lowest BCUT2D eigenvalue weighted by molar-refractivity contribution is -0.101. The Bertz CT molecular complexity index is 612. The first-order valence-electron chi connectivity index (χ1n) is 8.55. The molecule has 130 valence electrons. The van der Waals surface area contributed by atoms with Crippen molar-refractivity contribution in [1.29, 1.82) is 0 Å². The van der Waals surface area contributed by atoms with E-state index in [1.807, 2.05) is 18.2 Å². The van der Waals surface area contributed by atoms with Gasteiger partial charge < -0.3 is 9.64 Å². The predicted molar refractivity (Wildman–Crippen MR) is 98.3 cm³/mol. The summed E-state index contributed by atoms with van der Waals surface area (Å²) in [6.07, 6.45) is 11.2. The van der Waals surface area contributed by atoms with Gasteiger partial charge in [-0.25, -0.2) is 4.79 Å². The smallest absolute Gasteiger partial charge is 0.339 e. The molecule has 0 spiro atoms. The van der Waals surface area contributed by atoms with Gasteiger partial charge in [0.05, 0.1) is 5.56 Å². The lowest BCUT2D eigenvalue weighted by atomic mass is 9.67. The van der Waals surface area contributed by atoms with Gasteiger partial charge in [0.25, 0.3) is 0 Å². The summed E-state index contributed by atoms with van der Waals surface area (Å²) in [5, 5.41) is 0. The fraction of sp³-hybridized carbons (Fsp3) is 0.550. The van der Waals surface area contributed by atoms with Gasteiger partial charge in [-0.05, 0) is 38.9 Å². The van der Waals surface area contributed by atoms with Crippen LogP contribution in [-0.2, 0) is 4.74 Å². The minimum Gasteiger partial charge on any atom is -0.442 e. The van der Waals surface area contributed by atoms with E-state index in [2.05, 4.69) is 24.8 Å². The number of rotatable bonds is 2. The largest absolute Gasteiger partial charge is 0.442 e. The van der Waals surface area contributed by atoms with Crippen molar-refractivity contribution in [1.82, 2.24) is 4.90 Å². The van der Waals surface area contributed by atoms with E-state index in [-0.39, 0.29) is 24.3 Å². The third kappa shape index (κ3) is 3.31. The van der Waals surface area contributed by atoms with E-state index < -0.39 is 5.60 Å². The van der Waals surface area contributed by atoms with Crippen LogP contribution in [0, 0.1) is 18.3 Å². The van der Waals surface area contributed by atoms with Crippen LogP contribution in [0.25, 0.3) is 0 Å². The summed E-state index contributed by atoms with van der Waals surface area (Å²) in [5.41, 5.74) is -0.203. The summed E-state index contributed by atoms with van der Waals surface area (Å²) < 4.78 is 6.00. The average molecular weight is 348 g/mol. The molecule has 3 rings (SSSR count). The van der Waals surface area contributed by atoms with E-state index in [0.29, 0.717) is 24.1 Å². The highest BCUT2D eigenvalue weighted by atomic mass is 35.5. The Kier molecular flexibility index (Phi) is 5.96. The highest BCUT2D eigenvalue weighted by Gasteiger charge is 2.52. The van der Waals surface area contributed by atoms with Gasteiger partial charge in [0, 0.05) is 24.4 Å². The Morgan fingerprint density at radius 3 is 2.62 bits per heavy atom. The average Bonchev–Trinajstić information content (AvgIpc) is 2.60. The van der Waals surface area contributed by atoms with Crippen LogP contribution >= 0.6 is 12.4 Å². The molecule has 1 aromatic carbocycles. The molecule has 0 amide bonds. The van der Waals surface area contributed by atoms with Crippen molar-refractivity contribution in [2.75, 3.05) is 7.05 Å². The second-order valence-corrected chi connectivity index (χ2v) is 6.97. The normalized spacial score (nSPS) is 32.8. The number of nitrogens with zero attached hydrogens (tertiary/aromatic N) is 1. The molecule has 2 aliphatic rings. The first kappa shape index (κ1) is 18.8. The molecule has 1 aliphatic carbocycles. The zero-order chi connectivity index (χ0) is 16.4. The molecular weight excluding hydrogens is 322 g/mol. The number of hydrogen-bond acceptors (Lipinski definition) is 3. The Labute approximate surface area is 151 Å². The SMILES string of the molecule is C#C[C@]1(OC(=O)c2ccccc2)C[C@@H](C)N(C)[C@@H]2CCCC[C@H]21.Cl. The van der Waals surface area contributed by atoms with E-state index in [9.17, 15) is 4.79 Å². The number of hydrogen-bond donors (Lipinski definition) is 0. The number of terminal acetylenes is 1. The van der Waals surface area contributed by atoms with Crippen molar-refractivity contribution in [3.8, 4) is 12.3 Å². The van der Waals surface area contributed by atoms with Crippen LogP contribution in [0.15, 0.2) is 30.3 Å². The molecule has 1 heterocycles. The lowest BCUT2D eigenvalue weighted by Gasteiger charge is -2.53.